The maximum absolute atomic E-state index is 11.6. The Morgan fingerprint density at radius 1 is 1.50 bits per heavy atom. The fourth-order valence-corrected chi connectivity index (χ4v) is 1.35. The van der Waals surface area contributed by atoms with E-state index in [0.29, 0.717) is 29.3 Å². The van der Waals surface area contributed by atoms with Crippen LogP contribution in [0, 0.1) is 0 Å². The van der Waals surface area contributed by atoms with Crippen molar-refractivity contribution in [2.24, 2.45) is 0 Å². The minimum Gasteiger partial charge on any atom is -0.496 e. The van der Waals surface area contributed by atoms with Crippen molar-refractivity contribution in [2.45, 2.75) is 6.92 Å². The summed E-state index contributed by atoms with van der Waals surface area (Å²) in [6, 6.07) is 3.21. The number of anilines is 2. The number of carbonyl (C=O) groups is 1. The molecule has 0 radical (unpaired) electrons. The van der Waals surface area contributed by atoms with E-state index in [2.05, 4.69) is 5.32 Å². The summed E-state index contributed by atoms with van der Waals surface area (Å²) in [4.78, 5) is 11.6. The van der Waals surface area contributed by atoms with Gasteiger partial charge in [0.2, 0.25) is 0 Å². The van der Waals surface area contributed by atoms with Gasteiger partial charge >= 0.3 is 5.97 Å². The standard InChI is InChI=1S/C11H16N2O3/c1-4-16-11(14)7-5-8(12)9(13-2)6-10(7)15-3/h5-6,13H,4,12H2,1-3H3. The number of hydrogen-bond acceptors (Lipinski definition) is 5. The number of nitrogens with two attached hydrogens (primary N) is 1. The third-order valence-electron chi connectivity index (χ3n) is 2.14. The SMILES string of the molecule is CCOC(=O)c1cc(N)c(NC)cc1OC. The fraction of sp³-hybridized carbons (Fsp3) is 0.364. The number of methoxy groups -OCH3 is 1. The second-order valence-electron chi connectivity index (χ2n) is 3.11. The van der Waals surface area contributed by atoms with Gasteiger partial charge in [-0.2, -0.15) is 0 Å². The molecule has 0 aliphatic heterocycles. The molecule has 1 aromatic carbocycles. The number of benzene rings is 1. The predicted molar refractivity (Wildman–Crippen MR) is 62.9 cm³/mol. The summed E-state index contributed by atoms with van der Waals surface area (Å²) in [5.41, 5.74) is 7.29. The van der Waals surface area contributed by atoms with E-state index in [4.69, 9.17) is 15.2 Å². The molecule has 0 atom stereocenters. The molecular formula is C11H16N2O3. The van der Waals surface area contributed by atoms with Gasteiger partial charge in [-0.1, -0.05) is 0 Å². The van der Waals surface area contributed by atoms with Crippen molar-refractivity contribution in [2.75, 3.05) is 31.8 Å². The van der Waals surface area contributed by atoms with Crippen LogP contribution in [0.15, 0.2) is 12.1 Å². The van der Waals surface area contributed by atoms with Gasteiger partial charge in [-0.3, -0.25) is 0 Å². The lowest BCUT2D eigenvalue weighted by atomic mass is 10.1. The highest BCUT2D eigenvalue weighted by atomic mass is 16.5. The van der Waals surface area contributed by atoms with Gasteiger partial charge in [0.05, 0.1) is 25.1 Å². The van der Waals surface area contributed by atoms with Crippen LogP contribution in [0.25, 0.3) is 0 Å². The van der Waals surface area contributed by atoms with Gasteiger partial charge in [0.1, 0.15) is 11.3 Å². The molecule has 0 aromatic heterocycles. The van der Waals surface area contributed by atoms with Crippen LogP contribution >= 0.6 is 0 Å². The van der Waals surface area contributed by atoms with E-state index in [1.165, 1.54) is 7.11 Å². The number of rotatable bonds is 4. The lowest BCUT2D eigenvalue weighted by molar-refractivity contribution is 0.0523. The third-order valence-corrected chi connectivity index (χ3v) is 2.14. The van der Waals surface area contributed by atoms with Crippen molar-refractivity contribution in [3.05, 3.63) is 17.7 Å². The molecule has 0 saturated heterocycles. The van der Waals surface area contributed by atoms with Crippen LogP contribution < -0.4 is 15.8 Å². The second-order valence-corrected chi connectivity index (χ2v) is 3.11. The molecule has 16 heavy (non-hydrogen) atoms. The van der Waals surface area contributed by atoms with Gasteiger partial charge < -0.3 is 20.5 Å². The first kappa shape index (κ1) is 12.2. The topological polar surface area (TPSA) is 73.6 Å². The first-order valence-corrected chi connectivity index (χ1v) is 4.96. The van der Waals surface area contributed by atoms with Crippen LogP contribution in [0.3, 0.4) is 0 Å². The summed E-state index contributed by atoms with van der Waals surface area (Å²) in [5, 5.41) is 2.91. The highest BCUT2D eigenvalue weighted by molar-refractivity contribution is 5.95. The van der Waals surface area contributed by atoms with Crippen molar-refractivity contribution in [1.29, 1.82) is 0 Å². The monoisotopic (exact) mass is 224 g/mol. The van der Waals surface area contributed by atoms with E-state index in [1.807, 2.05) is 0 Å². The largest absolute Gasteiger partial charge is 0.496 e. The summed E-state index contributed by atoms with van der Waals surface area (Å²) in [7, 11) is 3.24. The van der Waals surface area contributed by atoms with Crippen LogP contribution in [0.5, 0.6) is 5.75 Å². The first-order chi connectivity index (χ1) is 7.63. The lowest BCUT2D eigenvalue weighted by Gasteiger charge is -2.12. The molecule has 5 heteroatoms. The van der Waals surface area contributed by atoms with E-state index in [1.54, 1.807) is 26.1 Å². The second kappa shape index (κ2) is 5.25. The zero-order valence-electron chi connectivity index (χ0n) is 9.66. The van der Waals surface area contributed by atoms with Crippen molar-refractivity contribution in [1.82, 2.24) is 0 Å². The van der Waals surface area contributed by atoms with E-state index in [0.717, 1.165) is 0 Å². The smallest absolute Gasteiger partial charge is 0.341 e. The summed E-state index contributed by atoms with van der Waals surface area (Å²) in [6.45, 7) is 2.06. The number of carbonyl (C=O) groups excluding carboxylic acids is 1. The number of nitrogens with one attached hydrogen (secondary N) is 1. The zero-order valence-corrected chi connectivity index (χ0v) is 9.66. The quantitative estimate of drug-likeness (QED) is 0.599. The lowest BCUT2D eigenvalue weighted by Crippen LogP contribution is -2.08. The molecule has 0 spiro atoms. The molecule has 0 heterocycles. The summed E-state index contributed by atoms with van der Waals surface area (Å²) < 4.78 is 10.0. The molecule has 0 bridgehead atoms. The Morgan fingerprint density at radius 3 is 2.69 bits per heavy atom. The Bertz CT molecular complexity index is 391. The molecule has 88 valence electrons. The third kappa shape index (κ3) is 2.36. The van der Waals surface area contributed by atoms with Gasteiger partial charge in [0.15, 0.2) is 0 Å². The van der Waals surface area contributed by atoms with Crippen molar-refractivity contribution < 1.29 is 14.3 Å². The molecule has 0 fully saturated rings. The molecule has 0 amide bonds. The van der Waals surface area contributed by atoms with Crippen molar-refractivity contribution in [3.8, 4) is 5.75 Å². The van der Waals surface area contributed by atoms with Crippen LogP contribution in [0.1, 0.15) is 17.3 Å². The maximum atomic E-state index is 11.6. The molecule has 0 saturated carbocycles. The van der Waals surface area contributed by atoms with E-state index in [-0.39, 0.29) is 0 Å². The fourth-order valence-electron chi connectivity index (χ4n) is 1.35. The number of hydrogen-bond donors (Lipinski definition) is 2. The maximum Gasteiger partial charge on any atom is 0.341 e. The Balaban J connectivity index is 3.17. The molecule has 1 aromatic rings. The Kier molecular flexibility index (Phi) is 3.99. The normalized spacial score (nSPS) is 9.69. The van der Waals surface area contributed by atoms with Crippen LogP contribution in [0.4, 0.5) is 11.4 Å². The highest BCUT2D eigenvalue weighted by Gasteiger charge is 2.15. The average Bonchev–Trinajstić information content (AvgIpc) is 2.29. The Morgan fingerprint density at radius 2 is 2.19 bits per heavy atom. The molecule has 5 nitrogen and oxygen atoms in total. The molecule has 1 rings (SSSR count). The zero-order chi connectivity index (χ0) is 12.1. The van der Waals surface area contributed by atoms with Gasteiger partial charge in [0, 0.05) is 13.1 Å². The summed E-state index contributed by atoms with van der Waals surface area (Å²) in [6.07, 6.45) is 0. The van der Waals surface area contributed by atoms with Gasteiger partial charge in [0.25, 0.3) is 0 Å². The minimum atomic E-state index is -0.436. The Labute approximate surface area is 94.5 Å². The minimum absolute atomic E-state index is 0.315. The number of esters is 1. The average molecular weight is 224 g/mol. The highest BCUT2D eigenvalue weighted by Crippen LogP contribution is 2.29. The van der Waals surface area contributed by atoms with E-state index >= 15 is 0 Å². The first-order valence-electron chi connectivity index (χ1n) is 4.96. The molecule has 0 aliphatic carbocycles. The molecule has 3 N–H and O–H groups in total. The molecule has 0 unspecified atom stereocenters. The van der Waals surface area contributed by atoms with Crippen LogP contribution in [0.2, 0.25) is 0 Å². The van der Waals surface area contributed by atoms with E-state index < -0.39 is 5.97 Å². The van der Waals surface area contributed by atoms with Gasteiger partial charge in [-0.25, -0.2) is 4.79 Å². The molecule has 0 aliphatic rings. The Hall–Kier alpha value is -1.91. The van der Waals surface area contributed by atoms with E-state index in [9.17, 15) is 4.79 Å². The number of nitrogen functional groups attached to an aromatic ring is 1. The van der Waals surface area contributed by atoms with Crippen LogP contribution in [-0.4, -0.2) is 26.7 Å². The van der Waals surface area contributed by atoms with Crippen LogP contribution in [-0.2, 0) is 4.74 Å². The van der Waals surface area contributed by atoms with Gasteiger partial charge in [-0.15, -0.1) is 0 Å². The summed E-state index contributed by atoms with van der Waals surface area (Å²) in [5.74, 6) is 0.00528. The van der Waals surface area contributed by atoms with Crippen molar-refractivity contribution in [3.63, 3.8) is 0 Å². The predicted octanol–water partition coefficient (Wildman–Crippen LogP) is 1.50. The van der Waals surface area contributed by atoms with Gasteiger partial charge in [-0.05, 0) is 13.0 Å². The number of ether oxygens (including phenoxy) is 2. The van der Waals surface area contributed by atoms with Crippen molar-refractivity contribution >= 4 is 17.3 Å². The summed E-state index contributed by atoms with van der Waals surface area (Å²) >= 11 is 0. The molecular weight excluding hydrogens is 208 g/mol.